The van der Waals surface area contributed by atoms with Crippen LogP contribution in [0.25, 0.3) is 0 Å². The summed E-state index contributed by atoms with van der Waals surface area (Å²) in [4.78, 5) is 11.3. The fourth-order valence-electron chi connectivity index (χ4n) is 2.08. The first-order chi connectivity index (χ1) is 6.22. The molecule has 0 aromatic carbocycles. The molecule has 1 aliphatic carbocycles. The number of Topliss-reactive ketones (excluding diaryl/α,β-unsaturated/α-hetero) is 1. The molecule has 1 fully saturated rings. The number of ketones is 1. The molecule has 0 atom stereocenters. The van der Waals surface area contributed by atoms with Gasteiger partial charge >= 0.3 is 0 Å². The van der Waals surface area contributed by atoms with E-state index in [1.54, 1.807) is 7.11 Å². The molecule has 2 nitrogen and oxygen atoms in total. The molecule has 0 spiro atoms. The van der Waals surface area contributed by atoms with Gasteiger partial charge in [0, 0.05) is 13.5 Å². The zero-order valence-electron chi connectivity index (χ0n) is 8.71. The normalized spacial score (nSPS) is 28.8. The molecular formula is C11H20O2. The first-order valence-corrected chi connectivity index (χ1v) is 5.23. The largest absolute Gasteiger partial charge is 0.377 e. The third-order valence-corrected chi connectivity index (χ3v) is 2.96. The highest BCUT2D eigenvalue weighted by Crippen LogP contribution is 2.30. The predicted octanol–water partition coefficient (Wildman–Crippen LogP) is 2.42. The Morgan fingerprint density at radius 1 is 1.31 bits per heavy atom. The summed E-state index contributed by atoms with van der Waals surface area (Å²) in [6.45, 7) is 2.60. The van der Waals surface area contributed by atoms with Crippen LogP contribution in [0, 0.1) is 11.8 Å². The maximum absolute atomic E-state index is 11.3. The quantitative estimate of drug-likeness (QED) is 0.670. The van der Waals surface area contributed by atoms with Gasteiger partial charge in [-0.2, -0.15) is 0 Å². The second-order valence-electron chi connectivity index (χ2n) is 4.30. The topological polar surface area (TPSA) is 26.3 Å². The van der Waals surface area contributed by atoms with Crippen LogP contribution in [-0.2, 0) is 9.53 Å². The van der Waals surface area contributed by atoms with Gasteiger partial charge in [-0.05, 0) is 24.7 Å². The van der Waals surface area contributed by atoms with Crippen LogP contribution in [0.2, 0.25) is 0 Å². The molecule has 76 valence electrons. The van der Waals surface area contributed by atoms with Crippen LogP contribution in [0.15, 0.2) is 0 Å². The summed E-state index contributed by atoms with van der Waals surface area (Å²) < 4.78 is 4.82. The molecule has 0 aromatic heterocycles. The Bertz CT molecular complexity index is 157. The highest BCUT2D eigenvalue weighted by molar-refractivity contribution is 5.79. The third kappa shape index (κ3) is 3.90. The van der Waals surface area contributed by atoms with Crippen molar-refractivity contribution in [3.63, 3.8) is 0 Å². The third-order valence-electron chi connectivity index (χ3n) is 2.96. The van der Waals surface area contributed by atoms with Crippen molar-refractivity contribution in [1.29, 1.82) is 0 Å². The van der Waals surface area contributed by atoms with Gasteiger partial charge in [0.15, 0.2) is 5.78 Å². The highest BCUT2D eigenvalue weighted by Gasteiger charge is 2.20. The number of hydrogen-bond acceptors (Lipinski definition) is 2. The van der Waals surface area contributed by atoms with Gasteiger partial charge in [0.2, 0.25) is 0 Å². The molecular weight excluding hydrogens is 164 g/mol. The van der Waals surface area contributed by atoms with E-state index >= 15 is 0 Å². The van der Waals surface area contributed by atoms with Crippen LogP contribution in [0.4, 0.5) is 0 Å². The molecule has 0 aromatic rings. The summed E-state index contributed by atoms with van der Waals surface area (Å²) in [6.07, 6.45) is 5.80. The first kappa shape index (κ1) is 10.7. The summed E-state index contributed by atoms with van der Waals surface area (Å²) >= 11 is 0. The number of carbonyl (C=O) groups excluding carboxylic acids is 1. The van der Waals surface area contributed by atoms with Crippen LogP contribution in [-0.4, -0.2) is 19.5 Å². The Kier molecular flexibility index (Phi) is 4.43. The number of carbonyl (C=O) groups is 1. The highest BCUT2D eigenvalue weighted by atomic mass is 16.5. The number of ether oxygens (including phenoxy) is 1. The average molecular weight is 184 g/mol. The lowest BCUT2D eigenvalue weighted by Gasteiger charge is -2.25. The molecule has 13 heavy (non-hydrogen) atoms. The van der Waals surface area contributed by atoms with Crippen molar-refractivity contribution in [3.05, 3.63) is 0 Å². The molecule has 1 saturated carbocycles. The van der Waals surface area contributed by atoms with Gasteiger partial charge in [-0.1, -0.05) is 19.8 Å². The lowest BCUT2D eigenvalue weighted by atomic mass is 9.81. The minimum atomic E-state index is 0.266. The molecule has 0 N–H and O–H groups in total. The van der Waals surface area contributed by atoms with Crippen LogP contribution in [0.3, 0.4) is 0 Å². The molecule has 0 aliphatic heterocycles. The van der Waals surface area contributed by atoms with E-state index < -0.39 is 0 Å². The number of methoxy groups -OCH3 is 1. The Hall–Kier alpha value is -0.370. The minimum absolute atomic E-state index is 0.266. The van der Waals surface area contributed by atoms with Gasteiger partial charge in [0.1, 0.15) is 6.61 Å². The maximum Gasteiger partial charge on any atom is 0.158 e. The molecule has 2 heteroatoms. The van der Waals surface area contributed by atoms with Gasteiger partial charge < -0.3 is 4.74 Å². The van der Waals surface area contributed by atoms with Gasteiger partial charge in [-0.25, -0.2) is 0 Å². The second kappa shape index (κ2) is 5.38. The van der Waals surface area contributed by atoms with E-state index in [4.69, 9.17) is 4.74 Å². The fourth-order valence-corrected chi connectivity index (χ4v) is 2.08. The van der Waals surface area contributed by atoms with E-state index in [0.29, 0.717) is 12.5 Å². The first-order valence-electron chi connectivity index (χ1n) is 5.23. The average Bonchev–Trinajstić information content (AvgIpc) is 2.09. The fraction of sp³-hybridized carbons (Fsp3) is 0.909. The van der Waals surface area contributed by atoms with Crippen molar-refractivity contribution in [2.24, 2.45) is 11.8 Å². The SMILES string of the molecule is COCC(=O)CC1CCC(C)CC1. The minimum Gasteiger partial charge on any atom is -0.377 e. The van der Waals surface area contributed by atoms with Gasteiger partial charge in [-0.3, -0.25) is 4.79 Å². The van der Waals surface area contributed by atoms with E-state index in [2.05, 4.69) is 6.92 Å². The molecule has 0 amide bonds. The van der Waals surface area contributed by atoms with E-state index in [-0.39, 0.29) is 5.78 Å². The van der Waals surface area contributed by atoms with Gasteiger partial charge in [0.25, 0.3) is 0 Å². The van der Waals surface area contributed by atoms with Crippen LogP contribution in [0.1, 0.15) is 39.0 Å². The molecule has 0 bridgehead atoms. The summed E-state index contributed by atoms with van der Waals surface area (Å²) in [6, 6.07) is 0. The Morgan fingerprint density at radius 2 is 1.92 bits per heavy atom. The van der Waals surface area contributed by atoms with E-state index in [1.165, 1.54) is 25.7 Å². The summed E-state index contributed by atoms with van der Waals surface area (Å²) in [5.74, 6) is 1.77. The van der Waals surface area contributed by atoms with Crippen LogP contribution < -0.4 is 0 Å². The van der Waals surface area contributed by atoms with E-state index in [1.807, 2.05) is 0 Å². The van der Waals surface area contributed by atoms with Crippen molar-refractivity contribution < 1.29 is 9.53 Å². The smallest absolute Gasteiger partial charge is 0.158 e. The molecule has 1 rings (SSSR count). The summed E-state index contributed by atoms with van der Waals surface area (Å²) in [7, 11) is 1.58. The van der Waals surface area contributed by atoms with Crippen molar-refractivity contribution in [2.45, 2.75) is 39.0 Å². The standard InChI is InChI=1S/C11H20O2/c1-9-3-5-10(6-4-9)7-11(12)8-13-2/h9-10H,3-8H2,1-2H3. The van der Waals surface area contributed by atoms with E-state index in [0.717, 1.165) is 12.3 Å². The Morgan fingerprint density at radius 3 is 2.46 bits per heavy atom. The van der Waals surface area contributed by atoms with Crippen LogP contribution in [0.5, 0.6) is 0 Å². The Balaban J connectivity index is 2.18. The monoisotopic (exact) mass is 184 g/mol. The number of rotatable bonds is 4. The Labute approximate surface area is 80.7 Å². The summed E-state index contributed by atoms with van der Waals surface area (Å²) in [5.41, 5.74) is 0. The van der Waals surface area contributed by atoms with Crippen molar-refractivity contribution >= 4 is 5.78 Å². The van der Waals surface area contributed by atoms with Crippen LogP contribution >= 0.6 is 0 Å². The predicted molar refractivity (Wildman–Crippen MR) is 52.6 cm³/mol. The van der Waals surface area contributed by atoms with Crippen molar-refractivity contribution in [2.75, 3.05) is 13.7 Å². The van der Waals surface area contributed by atoms with Crippen molar-refractivity contribution in [3.8, 4) is 0 Å². The van der Waals surface area contributed by atoms with Gasteiger partial charge in [0.05, 0.1) is 0 Å². The molecule has 0 radical (unpaired) electrons. The zero-order chi connectivity index (χ0) is 9.68. The molecule has 1 aliphatic rings. The molecule has 0 saturated heterocycles. The van der Waals surface area contributed by atoms with Gasteiger partial charge in [-0.15, -0.1) is 0 Å². The molecule has 0 unspecified atom stereocenters. The maximum atomic E-state index is 11.3. The van der Waals surface area contributed by atoms with Crippen molar-refractivity contribution in [1.82, 2.24) is 0 Å². The zero-order valence-corrected chi connectivity index (χ0v) is 8.71. The summed E-state index contributed by atoms with van der Waals surface area (Å²) in [5, 5.41) is 0. The lowest BCUT2D eigenvalue weighted by molar-refractivity contribution is -0.123. The lowest BCUT2D eigenvalue weighted by Crippen LogP contribution is -2.18. The molecule has 0 heterocycles. The number of hydrogen-bond donors (Lipinski definition) is 0. The second-order valence-corrected chi connectivity index (χ2v) is 4.30. The van der Waals surface area contributed by atoms with E-state index in [9.17, 15) is 4.79 Å².